The van der Waals surface area contributed by atoms with E-state index in [0.29, 0.717) is 18.3 Å². The highest BCUT2D eigenvalue weighted by Gasteiger charge is 2.19. The zero-order valence-corrected chi connectivity index (χ0v) is 15.1. The van der Waals surface area contributed by atoms with Crippen molar-refractivity contribution in [1.82, 2.24) is 15.5 Å². The molecule has 1 fully saturated rings. The number of hydrogen-bond acceptors (Lipinski definition) is 3. The average Bonchev–Trinajstić information content (AvgIpc) is 2.97. The largest absolute Gasteiger partial charge is 0.357 e. The molecule has 22 heavy (non-hydrogen) atoms. The van der Waals surface area contributed by atoms with Gasteiger partial charge in [0.05, 0.1) is 0 Å². The number of aliphatic imine (C=N–C) groups is 1. The molecule has 0 aromatic heterocycles. The third-order valence-electron chi connectivity index (χ3n) is 3.44. The fourth-order valence-electron chi connectivity index (χ4n) is 2.12. The topological polar surface area (TPSA) is 73.8 Å². The first-order valence-electron chi connectivity index (χ1n) is 8.03. The van der Waals surface area contributed by atoms with E-state index < -0.39 is 10.8 Å². The molecule has 1 unspecified atom stereocenters. The molecule has 2 N–H and O–H groups in total. The molecule has 0 spiro atoms. The highest BCUT2D eigenvalue weighted by molar-refractivity contribution is 7.86. The number of likely N-dealkylation sites (tertiary alicyclic amines) is 1. The average molecular weight is 330 g/mol. The van der Waals surface area contributed by atoms with Gasteiger partial charge in [-0.25, -0.2) is 4.99 Å². The Bertz CT molecular complexity index is 412. The molecule has 1 aliphatic rings. The van der Waals surface area contributed by atoms with E-state index in [2.05, 4.69) is 15.6 Å². The maximum Gasteiger partial charge on any atom is 0.244 e. The monoisotopic (exact) mass is 330 g/mol. The van der Waals surface area contributed by atoms with Gasteiger partial charge in [-0.1, -0.05) is 0 Å². The molecule has 1 heterocycles. The van der Waals surface area contributed by atoms with Gasteiger partial charge in [0.15, 0.2) is 5.96 Å². The first-order valence-corrected chi connectivity index (χ1v) is 9.35. The molecule has 1 aliphatic heterocycles. The van der Waals surface area contributed by atoms with E-state index in [1.54, 1.807) is 0 Å². The van der Waals surface area contributed by atoms with Crippen LogP contribution in [0.2, 0.25) is 0 Å². The lowest BCUT2D eigenvalue weighted by Gasteiger charge is -2.18. The number of carbonyl (C=O) groups is 1. The minimum Gasteiger partial charge on any atom is -0.357 e. The molecule has 1 saturated heterocycles. The summed E-state index contributed by atoms with van der Waals surface area (Å²) in [5, 5.41) is 6.25. The van der Waals surface area contributed by atoms with Crippen molar-refractivity contribution in [3.8, 4) is 0 Å². The van der Waals surface area contributed by atoms with Crippen LogP contribution in [-0.2, 0) is 15.6 Å². The van der Waals surface area contributed by atoms with Crippen molar-refractivity contribution in [2.24, 2.45) is 4.99 Å². The normalized spacial score (nSPS) is 17.5. The molecule has 0 bridgehead atoms. The predicted molar refractivity (Wildman–Crippen MR) is 92.6 cm³/mol. The molecule has 0 aromatic carbocycles. The molecule has 0 aromatic rings. The van der Waals surface area contributed by atoms with Crippen LogP contribution in [0, 0.1) is 0 Å². The Morgan fingerprint density at radius 1 is 1.23 bits per heavy atom. The van der Waals surface area contributed by atoms with Crippen LogP contribution in [0.3, 0.4) is 0 Å². The van der Waals surface area contributed by atoms with Crippen LogP contribution >= 0.6 is 0 Å². The van der Waals surface area contributed by atoms with E-state index in [1.165, 1.54) is 0 Å². The molecule has 0 radical (unpaired) electrons. The molecular weight excluding hydrogens is 300 g/mol. The number of rotatable bonds is 6. The lowest BCUT2D eigenvalue weighted by Crippen LogP contribution is -2.41. The highest BCUT2D eigenvalue weighted by atomic mass is 32.2. The van der Waals surface area contributed by atoms with Crippen LogP contribution in [-0.4, -0.2) is 64.2 Å². The SMILES string of the molecule is CCNC(=NCC(=O)N1CCCC1)NCCS(=O)C(C)(C)C. The molecule has 1 atom stereocenters. The summed E-state index contributed by atoms with van der Waals surface area (Å²) in [6.07, 6.45) is 2.18. The minimum absolute atomic E-state index is 0.0768. The number of nitrogens with one attached hydrogen (secondary N) is 2. The van der Waals surface area contributed by atoms with E-state index >= 15 is 0 Å². The molecule has 0 aliphatic carbocycles. The smallest absolute Gasteiger partial charge is 0.244 e. The fraction of sp³-hybridized carbons (Fsp3) is 0.867. The van der Waals surface area contributed by atoms with Crippen molar-refractivity contribution < 1.29 is 9.00 Å². The van der Waals surface area contributed by atoms with Gasteiger partial charge in [-0.3, -0.25) is 9.00 Å². The van der Waals surface area contributed by atoms with Crippen molar-refractivity contribution in [3.05, 3.63) is 0 Å². The second-order valence-corrected chi connectivity index (χ2v) is 8.70. The Labute approximate surface area is 136 Å². The third-order valence-corrected chi connectivity index (χ3v) is 5.38. The quantitative estimate of drug-likeness (QED) is 0.556. The summed E-state index contributed by atoms with van der Waals surface area (Å²) in [6.45, 7) is 11.1. The molecular formula is C15H30N4O2S. The van der Waals surface area contributed by atoms with E-state index in [4.69, 9.17) is 0 Å². The molecule has 1 rings (SSSR count). The van der Waals surface area contributed by atoms with Crippen LogP contribution in [0.15, 0.2) is 4.99 Å². The van der Waals surface area contributed by atoms with E-state index in [-0.39, 0.29) is 17.2 Å². The van der Waals surface area contributed by atoms with Crippen molar-refractivity contribution >= 4 is 22.7 Å². The summed E-state index contributed by atoms with van der Waals surface area (Å²) in [5.74, 6) is 1.25. The number of hydrogen-bond donors (Lipinski definition) is 2. The number of carbonyl (C=O) groups excluding carboxylic acids is 1. The number of amides is 1. The minimum atomic E-state index is -0.893. The maximum atomic E-state index is 12.0. The first-order chi connectivity index (χ1) is 10.3. The Morgan fingerprint density at radius 3 is 2.41 bits per heavy atom. The summed E-state index contributed by atoms with van der Waals surface area (Å²) in [7, 11) is -0.893. The number of guanidine groups is 1. The van der Waals surface area contributed by atoms with Crippen LogP contribution in [0.25, 0.3) is 0 Å². The number of nitrogens with zero attached hydrogens (tertiary/aromatic N) is 2. The van der Waals surface area contributed by atoms with Gasteiger partial charge in [-0.2, -0.15) is 0 Å². The highest BCUT2D eigenvalue weighted by Crippen LogP contribution is 2.10. The second kappa shape index (κ2) is 9.12. The van der Waals surface area contributed by atoms with Gasteiger partial charge in [0.25, 0.3) is 0 Å². The zero-order chi connectivity index (χ0) is 16.6. The lowest BCUT2D eigenvalue weighted by molar-refractivity contribution is -0.128. The first kappa shape index (κ1) is 18.9. The van der Waals surface area contributed by atoms with Crippen molar-refractivity contribution in [1.29, 1.82) is 0 Å². The van der Waals surface area contributed by atoms with Crippen LogP contribution in [0.4, 0.5) is 0 Å². The maximum absolute atomic E-state index is 12.0. The fourth-order valence-corrected chi connectivity index (χ4v) is 3.02. The summed E-state index contributed by atoms with van der Waals surface area (Å²) in [4.78, 5) is 18.2. The van der Waals surface area contributed by atoms with Crippen molar-refractivity contribution in [2.75, 3.05) is 38.5 Å². The van der Waals surface area contributed by atoms with Gasteiger partial charge in [0.2, 0.25) is 5.91 Å². The summed E-state index contributed by atoms with van der Waals surface area (Å²) in [5.41, 5.74) is 0. The molecule has 128 valence electrons. The Kier molecular flexibility index (Phi) is 7.85. The van der Waals surface area contributed by atoms with Crippen molar-refractivity contribution in [3.63, 3.8) is 0 Å². The van der Waals surface area contributed by atoms with Gasteiger partial charge >= 0.3 is 0 Å². The van der Waals surface area contributed by atoms with Crippen LogP contribution < -0.4 is 10.6 Å². The van der Waals surface area contributed by atoms with E-state index in [9.17, 15) is 9.00 Å². The van der Waals surface area contributed by atoms with Crippen molar-refractivity contribution in [2.45, 2.75) is 45.3 Å². The molecule has 1 amide bonds. The third kappa shape index (κ3) is 6.77. The van der Waals surface area contributed by atoms with Gasteiger partial charge in [-0.05, 0) is 40.5 Å². The van der Waals surface area contributed by atoms with Gasteiger partial charge < -0.3 is 15.5 Å². The van der Waals surface area contributed by atoms with Gasteiger partial charge in [0.1, 0.15) is 6.54 Å². The van der Waals surface area contributed by atoms with Crippen LogP contribution in [0.1, 0.15) is 40.5 Å². The van der Waals surface area contributed by atoms with E-state index in [1.807, 2.05) is 32.6 Å². The second-order valence-electron chi connectivity index (χ2n) is 6.37. The Balaban J connectivity index is 2.41. The molecule has 6 nitrogen and oxygen atoms in total. The Hall–Kier alpha value is -1.11. The lowest BCUT2D eigenvalue weighted by atomic mass is 10.3. The summed E-state index contributed by atoms with van der Waals surface area (Å²) in [6, 6.07) is 0. The van der Waals surface area contributed by atoms with Gasteiger partial charge in [0, 0.05) is 47.5 Å². The molecule has 7 heteroatoms. The molecule has 0 saturated carbocycles. The van der Waals surface area contributed by atoms with E-state index in [0.717, 1.165) is 32.5 Å². The van der Waals surface area contributed by atoms with Gasteiger partial charge in [-0.15, -0.1) is 0 Å². The zero-order valence-electron chi connectivity index (χ0n) is 14.3. The Morgan fingerprint density at radius 2 is 1.86 bits per heavy atom. The standard InChI is InChI=1S/C15H30N4O2S/c1-5-16-14(17-8-11-22(21)15(2,3)4)18-12-13(20)19-9-6-7-10-19/h5-12H2,1-4H3,(H2,16,17,18). The predicted octanol–water partition coefficient (Wildman–Crippen LogP) is 0.711. The summed E-state index contributed by atoms with van der Waals surface area (Å²) < 4.78 is 11.8. The van der Waals surface area contributed by atoms with Crippen LogP contribution in [0.5, 0.6) is 0 Å². The summed E-state index contributed by atoms with van der Waals surface area (Å²) >= 11 is 0.